The first kappa shape index (κ1) is 15.3. The Kier molecular flexibility index (Phi) is 5.97. The Morgan fingerprint density at radius 1 is 1.28 bits per heavy atom. The van der Waals surface area contributed by atoms with Crippen LogP contribution in [0, 0.1) is 19.8 Å². The van der Waals surface area contributed by atoms with E-state index in [1.165, 1.54) is 37.1 Å². The minimum absolute atomic E-state index is 0. The van der Waals surface area contributed by atoms with Crippen LogP contribution >= 0.6 is 12.4 Å². The van der Waals surface area contributed by atoms with Crippen LogP contribution in [0.2, 0.25) is 0 Å². The first-order valence-electron chi connectivity index (χ1n) is 6.54. The molecule has 1 aromatic rings. The molecule has 2 rings (SSSR count). The lowest BCUT2D eigenvalue weighted by molar-refractivity contribution is 0.149. The number of likely N-dealkylation sites (tertiary alicyclic amines) is 1. The van der Waals surface area contributed by atoms with Crippen LogP contribution in [0.4, 0.5) is 0 Å². The Bertz CT molecular complexity index is 361. The first-order chi connectivity index (χ1) is 8.16. The Hall–Kier alpha value is -0.730. The van der Waals surface area contributed by atoms with Crippen molar-refractivity contribution in [3.05, 3.63) is 29.3 Å². The van der Waals surface area contributed by atoms with E-state index in [1.54, 1.807) is 0 Å². The third kappa shape index (κ3) is 3.89. The van der Waals surface area contributed by atoms with Crippen LogP contribution in [-0.4, -0.2) is 31.6 Å². The number of piperidine rings is 1. The summed E-state index contributed by atoms with van der Waals surface area (Å²) in [5.41, 5.74) is 2.49. The number of halogens is 1. The van der Waals surface area contributed by atoms with Crippen molar-refractivity contribution in [3.8, 4) is 5.75 Å². The lowest BCUT2D eigenvalue weighted by atomic mass is 9.99. The van der Waals surface area contributed by atoms with E-state index in [9.17, 15) is 0 Å². The number of nitrogens with zero attached hydrogens (tertiary/aromatic N) is 1. The van der Waals surface area contributed by atoms with Crippen LogP contribution < -0.4 is 4.74 Å². The fraction of sp³-hybridized carbons (Fsp3) is 0.600. The summed E-state index contributed by atoms with van der Waals surface area (Å²) in [4.78, 5) is 2.40. The van der Waals surface area contributed by atoms with Gasteiger partial charge in [-0.2, -0.15) is 0 Å². The molecule has 1 fully saturated rings. The number of rotatable bonds is 3. The molecule has 0 saturated carbocycles. The summed E-state index contributed by atoms with van der Waals surface area (Å²) in [6, 6.07) is 6.33. The first-order valence-corrected chi connectivity index (χ1v) is 6.54. The zero-order chi connectivity index (χ0) is 12.3. The zero-order valence-electron chi connectivity index (χ0n) is 11.6. The van der Waals surface area contributed by atoms with Crippen molar-refractivity contribution in [2.75, 3.05) is 26.7 Å². The van der Waals surface area contributed by atoms with Crippen molar-refractivity contribution in [2.45, 2.75) is 26.7 Å². The molecule has 0 unspecified atom stereocenters. The molecule has 0 amide bonds. The SMILES string of the molecule is Cc1cccc(C)c1OC[C@@H]1CCCN(C)C1.Cl. The Balaban J connectivity index is 0.00000162. The largest absolute Gasteiger partial charge is 0.493 e. The maximum atomic E-state index is 6.03. The van der Waals surface area contributed by atoms with E-state index in [-0.39, 0.29) is 12.4 Å². The number of benzene rings is 1. The van der Waals surface area contributed by atoms with E-state index < -0.39 is 0 Å². The van der Waals surface area contributed by atoms with Gasteiger partial charge >= 0.3 is 0 Å². The van der Waals surface area contributed by atoms with Crippen molar-refractivity contribution in [1.82, 2.24) is 4.90 Å². The van der Waals surface area contributed by atoms with E-state index in [0.29, 0.717) is 5.92 Å². The normalized spacial score (nSPS) is 20.3. The lowest BCUT2D eigenvalue weighted by Crippen LogP contribution is -2.34. The topological polar surface area (TPSA) is 12.5 Å². The van der Waals surface area contributed by atoms with E-state index >= 15 is 0 Å². The van der Waals surface area contributed by atoms with Gasteiger partial charge in [-0.3, -0.25) is 0 Å². The second kappa shape index (κ2) is 7.01. The molecule has 1 atom stereocenters. The lowest BCUT2D eigenvalue weighted by Gasteiger charge is -2.29. The second-order valence-electron chi connectivity index (χ2n) is 5.30. The van der Waals surface area contributed by atoms with Gasteiger partial charge in [0.05, 0.1) is 6.61 Å². The van der Waals surface area contributed by atoms with Crippen molar-refractivity contribution in [2.24, 2.45) is 5.92 Å². The number of hydrogen-bond acceptors (Lipinski definition) is 2. The van der Waals surface area contributed by atoms with Gasteiger partial charge in [0.15, 0.2) is 0 Å². The summed E-state index contributed by atoms with van der Waals surface area (Å²) in [5.74, 6) is 1.77. The molecule has 0 aliphatic carbocycles. The van der Waals surface area contributed by atoms with Crippen molar-refractivity contribution < 1.29 is 4.74 Å². The van der Waals surface area contributed by atoms with Crippen molar-refractivity contribution >= 4 is 12.4 Å². The standard InChI is InChI=1S/C15H23NO.ClH/c1-12-6-4-7-13(2)15(12)17-11-14-8-5-9-16(3)10-14;/h4,6-7,14H,5,8-11H2,1-3H3;1H/t14-;/m1./s1. The molecule has 0 spiro atoms. The number of para-hydroxylation sites is 1. The number of ether oxygens (including phenoxy) is 1. The Morgan fingerprint density at radius 2 is 1.94 bits per heavy atom. The number of aryl methyl sites for hydroxylation is 2. The molecule has 1 aliphatic rings. The van der Waals surface area contributed by atoms with Gasteiger partial charge in [-0.25, -0.2) is 0 Å². The van der Waals surface area contributed by atoms with Crippen molar-refractivity contribution in [1.29, 1.82) is 0 Å². The third-order valence-electron chi connectivity index (χ3n) is 3.59. The summed E-state index contributed by atoms with van der Waals surface area (Å²) in [7, 11) is 2.20. The summed E-state index contributed by atoms with van der Waals surface area (Å²) < 4.78 is 6.03. The van der Waals surface area contributed by atoms with E-state index in [0.717, 1.165) is 12.4 Å². The molecule has 0 N–H and O–H groups in total. The molecule has 0 aromatic heterocycles. The van der Waals surface area contributed by atoms with Crippen LogP contribution in [-0.2, 0) is 0 Å². The predicted octanol–water partition coefficient (Wildman–Crippen LogP) is 3.45. The molecule has 1 heterocycles. The molecule has 1 aliphatic heterocycles. The minimum atomic E-state index is 0. The quantitative estimate of drug-likeness (QED) is 0.833. The predicted molar refractivity (Wildman–Crippen MR) is 78.9 cm³/mol. The van der Waals surface area contributed by atoms with Crippen LogP contribution in [0.15, 0.2) is 18.2 Å². The summed E-state index contributed by atoms with van der Waals surface area (Å²) in [5, 5.41) is 0. The molecule has 2 nitrogen and oxygen atoms in total. The van der Waals surface area contributed by atoms with Gasteiger partial charge in [-0.1, -0.05) is 18.2 Å². The van der Waals surface area contributed by atoms with Gasteiger partial charge in [0.1, 0.15) is 5.75 Å². The highest BCUT2D eigenvalue weighted by Crippen LogP contribution is 2.24. The van der Waals surface area contributed by atoms with E-state index in [4.69, 9.17) is 4.74 Å². The van der Waals surface area contributed by atoms with Crippen LogP contribution in [0.1, 0.15) is 24.0 Å². The molecule has 3 heteroatoms. The van der Waals surface area contributed by atoms with Crippen molar-refractivity contribution in [3.63, 3.8) is 0 Å². The summed E-state index contributed by atoms with van der Waals surface area (Å²) >= 11 is 0. The van der Waals surface area contributed by atoms with Gasteiger partial charge in [-0.15, -0.1) is 12.4 Å². The molecule has 1 aromatic carbocycles. The molecular formula is C15H24ClNO. The maximum absolute atomic E-state index is 6.03. The second-order valence-corrected chi connectivity index (χ2v) is 5.30. The van der Waals surface area contributed by atoms with Crippen LogP contribution in [0.5, 0.6) is 5.75 Å². The third-order valence-corrected chi connectivity index (χ3v) is 3.59. The van der Waals surface area contributed by atoms with Crippen LogP contribution in [0.25, 0.3) is 0 Å². The monoisotopic (exact) mass is 269 g/mol. The average Bonchev–Trinajstić information content (AvgIpc) is 2.28. The van der Waals surface area contributed by atoms with Gasteiger partial charge in [-0.05, 0) is 51.4 Å². The van der Waals surface area contributed by atoms with Gasteiger partial charge in [0.25, 0.3) is 0 Å². The zero-order valence-corrected chi connectivity index (χ0v) is 12.4. The summed E-state index contributed by atoms with van der Waals surface area (Å²) in [6.07, 6.45) is 2.60. The highest BCUT2D eigenvalue weighted by atomic mass is 35.5. The van der Waals surface area contributed by atoms with E-state index in [2.05, 4.69) is 44.0 Å². The Morgan fingerprint density at radius 3 is 2.56 bits per heavy atom. The molecule has 102 valence electrons. The number of hydrogen-bond donors (Lipinski definition) is 0. The van der Waals surface area contributed by atoms with Gasteiger partial charge < -0.3 is 9.64 Å². The Labute approximate surface area is 117 Å². The highest BCUT2D eigenvalue weighted by molar-refractivity contribution is 5.85. The maximum Gasteiger partial charge on any atom is 0.125 e. The molecule has 0 radical (unpaired) electrons. The fourth-order valence-electron chi connectivity index (χ4n) is 2.64. The minimum Gasteiger partial charge on any atom is -0.493 e. The van der Waals surface area contributed by atoms with Gasteiger partial charge in [0, 0.05) is 12.5 Å². The van der Waals surface area contributed by atoms with Gasteiger partial charge in [0.2, 0.25) is 0 Å². The average molecular weight is 270 g/mol. The molecule has 1 saturated heterocycles. The molecule has 0 bridgehead atoms. The fourth-order valence-corrected chi connectivity index (χ4v) is 2.64. The molecule has 18 heavy (non-hydrogen) atoms. The summed E-state index contributed by atoms with van der Waals surface area (Å²) in [6.45, 7) is 7.51. The van der Waals surface area contributed by atoms with E-state index in [1.807, 2.05) is 0 Å². The molecular weight excluding hydrogens is 246 g/mol. The van der Waals surface area contributed by atoms with Crippen LogP contribution in [0.3, 0.4) is 0 Å². The highest BCUT2D eigenvalue weighted by Gasteiger charge is 2.18. The smallest absolute Gasteiger partial charge is 0.125 e.